The van der Waals surface area contributed by atoms with E-state index in [9.17, 15) is 0 Å². The van der Waals surface area contributed by atoms with Gasteiger partial charge in [-0.3, -0.25) is 0 Å². The summed E-state index contributed by atoms with van der Waals surface area (Å²) in [6.07, 6.45) is 1.99. The highest BCUT2D eigenvalue weighted by molar-refractivity contribution is 7.71. The first-order valence-electron chi connectivity index (χ1n) is 5.27. The molecule has 0 saturated carbocycles. The molecule has 2 heterocycles. The number of thiazole rings is 1. The van der Waals surface area contributed by atoms with Gasteiger partial charge in [0.1, 0.15) is 5.01 Å². The third kappa shape index (κ3) is 2.25. The Morgan fingerprint density at radius 2 is 2.31 bits per heavy atom. The highest BCUT2D eigenvalue weighted by Crippen LogP contribution is 2.18. The van der Waals surface area contributed by atoms with Crippen LogP contribution in [0.1, 0.15) is 36.2 Å². The molecule has 0 aromatic carbocycles. The number of rotatable bonds is 3. The molecule has 0 amide bonds. The topological polar surface area (TPSA) is 33.6 Å². The van der Waals surface area contributed by atoms with E-state index >= 15 is 0 Å². The van der Waals surface area contributed by atoms with Crippen LogP contribution in [0, 0.1) is 11.7 Å². The van der Waals surface area contributed by atoms with Crippen molar-refractivity contribution in [2.24, 2.45) is 0 Å². The number of aromatic amines is 1. The van der Waals surface area contributed by atoms with E-state index in [1.165, 1.54) is 5.69 Å². The summed E-state index contributed by atoms with van der Waals surface area (Å²) in [6.45, 7) is 7.12. The summed E-state index contributed by atoms with van der Waals surface area (Å²) < 4.78 is 2.90. The molecule has 0 bridgehead atoms. The molecule has 2 aromatic rings. The molecule has 0 spiro atoms. The van der Waals surface area contributed by atoms with E-state index in [-0.39, 0.29) is 0 Å². The monoisotopic (exact) mass is 253 g/mol. The standard InChI is InChI=1S/C11H15N3S2/c1-7(2)9-4-12-11(15)14(9)5-10-13-8(3)6-16-10/h4,6-7H,5H2,1-3H3,(H,12,15). The summed E-state index contributed by atoms with van der Waals surface area (Å²) >= 11 is 6.97. The van der Waals surface area contributed by atoms with Crippen LogP contribution in [0.5, 0.6) is 0 Å². The van der Waals surface area contributed by atoms with E-state index in [1.54, 1.807) is 11.3 Å². The van der Waals surface area contributed by atoms with E-state index in [4.69, 9.17) is 12.2 Å². The zero-order valence-corrected chi connectivity index (χ0v) is 11.3. The van der Waals surface area contributed by atoms with Crippen molar-refractivity contribution in [3.05, 3.63) is 32.7 Å². The van der Waals surface area contributed by atoms with Gasteiger partial charge < -0.3 is 9.55 Å². The Kier molecular flexibility index (Phi) is 3.25. The molecule has 0 aliphatic rings. The van der Waals surface area contributed by atoms with Gasteiger partial charge in [-0.05, 0) is 25.1 Å². The molecule has 0 atom stereocenters. The zero-order chi connectivity index (χ0) is 11.7. The molecule has 0 saturated heterocycles. The number of aromatic nitrogens is 3. The zero-order valence-electron chi connectivity index (χ0n) is 9.65. The van der Waals surface area contributed by atoms with Crippen LogP contribution in [0.3, 0.4) is 0 Å². The van der Waals surface area contributed by atoms with E-state index in [2.05, 4.69) is 33.8 Å². The average Bonchev–Trinajstić information content (AvgIpc) is 2.76. The Morgan fingerprint density at radius 1 is 1.56 bits per heavy atom. The van der Waals surface area contributed by atoms with Gasteiger partial charge in [-0.1, -0.05) is 13.8 Å². The number of aryl methyl sites for hydroxylation is 1. The van der Waals surface area contributed by atoms with Gasteiger partial charge in [0.25, 0.3) is 0 Å². The van der Waals surface area contributed by atoms with Gasteiger partial charge in [0, 0.05) is 23.0 Å². The second-order valence-corrected chi connectivity index (χ2v) is 5.47. The summed E-state index contributed by atoms with van der Waals surface area (Å²) in [5.74, 6) is 0.467. The van der Waals surface area contributed by atoms with Crippen molar-refractivity contribution >= 4 is 23.6 Å². The van der Waals surface area contributed by atoms with Crippen LogP contribution < -0.4 is 0 Å². The number of imidazole rings is 1. The minimum Gasteiger partial charge on any atom is -0.337 e. The second-order valence-electron chi connectivity index (χ2n) is 4.14. The van der Waals surface area contributed by atoms with E-state index < -0.39 is 0 Å². The summed E-state index contributed by atoms with van der Waals surface area (Å²) in [4.78, 5) is 7.56. The summed E-state index contributed by atoms with van der Waals surface area (Å²) in [6, 6.07) is 0. The van der Waals surface area contributed by atoms with E-state index in [0.29, 0.717) is 5.92 Å². The lowest BCUT2D eigenvalue weighted by atomic mass is 10.1. The average molecular weight is 253 g/mol. The summed E-state index contributed by atoms with van der Waals surface area (Å²) in [5, 5.41) is 3.18. The van der Waals surface area contributed by atoms with Gasteiger partial charge in [-0.15, -0.1) is 11.3 Å². The molecule has 5 heteroatoms. The first-order valence-corrected chi connectivity index (χ1v) is 6.56. The molecule has 3 nitrogen and oxygen atoms in total. The van der Waals surface area contributed by atoms with Crippen molar-refractivity contribution in [2.75, 3.05) is 0 Å². The Morgan fingerprint density at radius 3 is 2.88 bits per heavy atom. The van der Waals surface area contributed by atoms with Crippen molar-refractivity contribution in [2.45, 2.75) is 33.2 Å². The Hall–Kier alpha value is -0.940. The van der Waals surface area contributed by atoms with Crippen LogP contribution in [0.15, 0.2) is 11.6 Å². The molecule has 86 valence electrons. The lowest BCUT2D eigenvalue weighted by Crippen LogP contribution is -2.05. The van der Waals surface area contributed by atoms with Crippen molar-refractivity contribution in [3.8, 4) is 0 Å². The van der Waals surface area contributed by atoms with E-state index in [1.807, 2.05) is 13.1 Å². The van der Waals surface area contributed by atoms with Crippen LogP contribution in [0.2, 0.25) is 0 Å². The van der Waals surface area contributed by atoms with Crippen LogP contribution >= 0.6 is 23.6 Å². The number of hydrogen-bond acceptors (Lipinski definition) is 3. The highest BCUT2D eigenvalue weighted by atomic mass is 32.1. The molecule has 0 radical (unpaired) electrons. The third-order valence-electron chi connectivity index (χ3n) is 2.45. The van der Waals surface area contributed by atoms with Gasteiger partial charge in [0.15, 0.2) is 4.77 Å². The normalized spacial score (nSPS) is 11.2. The van der Waals surface area contributed by atoms with Crippen molar-refractivity contribution in [1.82, 2.24) is 14.5 Å². The fraction of sp³-hybridized carbons (Fsp3) is 0.455. The second kappa shape index (κ2) is 4.51. The fourth-order valence-electron chi connectivity index (χ4n) is 1.66. The van der Waals surface area contributed by atoms with Gasteiger partial charge in [0.2, 0.25) is 0 Å². The first kappa shape index (κ1) is 11.5. The Balaban J connectivity index is 2.33. The predicted molar refractivity (Wildman–Crippen MR) is 69.7 cm³/mol. The van der Waals surface area contributed by atoms with Crippen LogP contribution in [0.4, 0.5) is 0 Å². The fourth-order valence-corrected chi connectivity index (χ4v) is 2.65. The minimum atomic E-state index is 0.467. The van der Waals surface area contributed by atoms with Crippen LogP contribution in [-0.2, 0) is 6.54 Å². The lowest BCUT2D eigenvalue weighted by molar-refractivity contribution is 0.681. The summed E-state index contributed by atoms with van der Waals surface area (Å²) in [7, 11) is 0. The molecule has 1 N–H and O–H groups in total. The molecule has 16 heavy (non-hydrogen) atoms. The molecule has 0 aliphatic carbocycles. The van der Waals surface area contributed by atoms with Crippen LogP contribution in [-0.4, -0.2) is 14.5 Å². The van der Waals surface area contributed by atoms with Gasteiger partial charge in [-0.2, -0.15) is 0 Å². The quantitative estimate of drug-likeness (QED) is 0.850. The maximum atomic E-state index is 5.28. The minimum absolute atomic E-state index is 0.467. The highest BCUT2D eigenvalue weighted by Gasteiger charge is 2.09. The Labute approximate surface area is 104 Å². The van der Waals surface area contributed by atoms with Crippen molar-refractivity contribution < 1.29 is 0 Å². The molecule has 0 unspecified atom stereocenters. The molecule has 2 rings (SSSR count). The number of hydrogen-bond donors (Lipinski definition) is 1. The van der Waals surface area contributed by atoms with Crippen molar-refractivity contribution in [3.63, 3.8) is 0 Å². The SMILES string of the molecule is Cc1csc(Cn2c(C(C)C)c[nH]c2=S)n1. The van der Waals surface area contributed by atoms with Gasteiger partial charge in [0.05, 0.1) is 6.54 Å². The smallest absolute Gasteiger partial charge is 0.177 e. The Bertz CT molecular complexity index is 533. The number of nitrogens with one attached hydrogen (secondary N) is 1. The molecular formula is C11H15N3S2. The maximum absolute atomic E-state index is 5.28. The predicted octanol–water partition coefficient (Wildman–Crippen LogP) is 3.48. The van der Waals surface area contributed by atoms with Crippen molar-refractivity contribution in [1.29, 1.82) is 0 Å². The lowest BCUT2D eigenvalue weighted by Gasteiger charge is -2.08. The number of H-pyrrole nitrogens is 1. The van der Waals surface area contributed by atoms with Gasteiger partial charge >= 0.3 is 0 Å². The third-order valence-corrected chi connectivity index (χ3v) is 3.74. The molecule has 2 aromatic heterocycles. The molecule has 0 aliphatic heterocycles. The number of nitrogens with zero attached hydrogens (tertiary/aromatic N) is 2. The first-order chi connectivity index (χ1) is 7.58. The van der Waals surface area contributed by atoms with E-state index in [0.717, 1.165) is 22.0 Å². The summed E-state index contributed by atoms with van der Waals surface area (Å²) in [5.41, 5.74) is 2.31. The maximum Gasteiger partial charge on any atom is 0.177 e. The molecular weight excluding hydrogens is 238 g/mol. The largest absolute Gasteiger partial charge is 0.337 e. The van der Waals surface area contributed by atoms with Crippen LogP contribution in [0.25, 0.3) is 0 Å². The molecule has 0 fully saturated rings. The van der Waals surface area contributed by atoms with Gasteiger partial charge in [-0.25, -0.2) is 4.98 Å².